The minimum absolute atomic E-state index is 0.0837. The summed E-state index contributed by atoms with van der Waals surface area (Å²) in [5.74, 6) is 0. The molecule has 0 atom stereocenters. The average molecular weight is 275 g/mol. The van der Waals surface area contributed by atoms with E-state index < -0.39 is 9.85 Å². The summed E-state index contributed by atoms with van der Waals surface area (Å²) in [5, 5.41) is 28.9. The Morgan fingerprint density at radius 2 is 1.80 bits per heavy atom. The van der Waals surface area contributed by atoms with Gasteiger partial charge in [-0.2, -0.15) is 10.2 Å². The molecule has 0 fully saturated rings. The zero-order valence-corrected chi connectivity index (χ0v) is 9.65. The summed E-state index contributed by atoms with van der Waals surface area (Å²) in [5.41, 5.74) is 0.0866. The Balaban J connectivity index is 2.08. The highest BCUT2D eigenvalue weighted by atomic mass is 16.6. The van der Waals surface area contributed by atoms with Crippen molar-refractivity contribution in [2.75, 3.05) is 0 Å². The number of nitro groups is 2. The standard InChI is InChI=1S/C9H5N7O4/c17-15(18)7-2-11-13(5-7)6-1-10-9-8(16(19)20)3-12-14(9)4-6/h1-5H. The van der Waals surface area contributed by atoms with Crippen molar-refractivity contribution in [1.82, 2.24) is 24.4 Å². The van der Waals surface area contributed by atoms with Crippen LogP contribution < -0.4 is 0 Å². The van der Waals surface area contributed by atoms with Gasteiger partial charge in [-0.15, -0.1) is 0 Å². The average Bonchev–Trinajstić information content (AvgIpc) is 3.04. The van der Waals surface area contributed by atoms with Gasteiger partial charge in [0, 0.05) is 0 Å². The van der Waals surface area contributed by atoms with Crippen molar-refractivity contribution in [2.45, 2.75) is 0 Å². The van der Waals surface area contributed by atoms with Crippen LogP contribution in [0.1, 0.15) is 0 Å². The lowest BCUT2D eigenvalue weighted by Crippen LogP contribution is -2.00. The zero-order valence-electron chi connectivity index (χ0n) is 9.65. The monoisotopic (exact) mass is 275 g/mol. The molecule has 20 heavy (non-hydrogen) atoms. The molecule has 0 saturated heterocycles. The molecule has 0 spiro atoms. The van der Waals surface area contributed by atoms with E-state index in [4.69, 9.17) is 0 Å². The normalized spacial score (nSPS) is 10.8. The molecule has 0 N–H and O–H groups in total. The number of fused-ring (bicyclic) bond motifs is 1. The maximum Gasteiger partial charge on any atom is 0.333 e. The van der Waals surface area contributed by atoms with E-state index in [2.05, 4.69) is 15.2 Å². The van der Waals surface area contributed by atoms with Crippen LogP contribution in [0.5, 0.6) is 0 Å². The SMILES string of the molecule is O=[N+]([O-])c1cnn(-c2cnc3c([N+](=O)[O-])cnn3c2)c1. The van der Waals surface area contributed by atoms with Crippen LogP contribution in [-0.4, -0.2) is 34.2 Å². The van der Waals surface area contributed by atoms with E-state index >= 15 is 0 Å². The second kappa shape index (κ2) is 4.08. The van der Waals surface area contributed by atoms with Crippen LogP contribution >= 0.6 is 0 Å². The summed E-state index contributed by atoms with van der Waals surface area (Å²) in [4.78, 5) is 24.1. The lowest BCUT2D eigenvalue weighted by atomic mass is 10.5. The molecule has 0 aliphatic carbocycles. The molecule has 3 rings (SSSR count). The Hall–Kier alpha value is -3.37. The number of aromatic nitrogens is 5. The molecule has 3 aromatic heterocycles. The number of hydrogen-bond acceptors (Lipinski definition) is 7. The second-order valence-corrected chi connectivity index (χ2v) is 3.77. The summed E-state index contributed by atoms with van der Waals surface area (Å²) in [6, 6.07) is 0. The van der Waals surface area contributed by atoms with Gasteiger partial charge in [0.25, 0.3) is 0 Å². The van der Waals surface area contributed by atoms with Crippen LogP contribution in [-0.2, 0) is 0 Å². The molecular formula is C9H5N7O4. The van der Waals surface area contributed by atoms with Crippen molar-refractivity contribution < 1.29 is 9.85 Å². The van der Waals surface area contributed by atoms with Crippen molar-refractivity contribution in [2.24, 2.45) is 0 Å². The maximum absolute atomic E-state index is 10.7. The Morgan fingerprint density at radius 3 is 2.45 bits per heavy atom. The second-order valence-electron chi connectivity index (χ2n) is 3.77. The Morgan fingerprint density at radius 1 is 1.00 bits per heavy atom. The molecule has 0 saturated carbocycles. The van der Waals surface area contributed by atoms with Crippen LogP contribution in [0, 0.1) is 20.2 Å². The van der Waals surface area contributed by atoms with Gasteiger partial charge in [-0.25, -0.2) is 14.2 Å². The molecule has 0 aromatic carbocycles. The fraction of sp³-hybridized carbons (Fsp3) is 0. The van der Waals surface area contributed by atoms with Crippen molar-refractivity contribution >= 4 is 17.0 Å². The fourth-order valence-electron chi connectivity index (χ4n) is 1.65. The van der Waals surface area contributed by atoms with Gasteiger partial charge < -0.3 is 0 Å². The van der Waals surface area contributed by atoms with Gasteiger partial charge >= 0.3 is 11.4 Å². The third-order valence-corrected chi connectivity index (χ3v) is 2.57. The summed E-state index contributed by atoms with van der Waals surface area (Å²) in [6.07, 6.45) is 6.14. The van der Waals surface area contributed by atoms with Crippen molar-refractivity contribution in [3.8, 4) is 5.69 Å². The molecule has 0 amide bonds. The smallest absolute Gasteiger partial charge is 0.258 e. The molecule has 0 bridgehead atoms. The molecular weight excluding hydrogens is 270 g/mol. The highest BCUT2D eigenvalue weighted by Crippen LogP contribution is 2.18. The number of nitrogens with zero attached hydrogens (tertiary/aromatic N) is 7. The molecule has 100 valence electrons. The maximum atomic E-state index is 10.7. The topological polar surface area (TPSA) is 134 Å². The zero-order chi connectivity index (χ0) is 14.3. The lowest BCUT2D eigenvalue weighted by molar-refractivity contribution is -0.384. The van der Waals surface area contributed by atoms with E-state index in [0.717, 1.165) is 12.4 Å². The molecule has 3 heterocycles. The van der Waals surface area contributed by atoms with E-state index in [9.17, 15) is 20.2 Å². The van der Waals surface area contributed by atoms with Gasteiger partial charge in [0.15, 0.2) is 0 Å². The Kier molecular flexibility index (Phi) is 2.39. The first-order valence-electron chi connectivity index (χ1n) is 5.23. The predicted octanol–water partition coefficient (Wildman–Crippen LogP) is 0.731. The molecule has 3 aromatic rings. The van der Waals surface area contributed by atoms with Crippen molar-refractivity contribution in [1.29, 1.82) is 0 Å². The van der Waals surface area contributed by atoms with E-state index in [1.807, 2.05) is 0 Å². The van der Waals surface area contributed by atoms with Crippen molar-refractivity contribution in [3.63, 3.8) is 0 Å². The van der Waals surface area contributed by atoms with Gasteiger partial charge in [-0.1, -0.05) is 0 Å². The first-order chi connectivity index (χ1) is 9.56. The number of rotatable bonds is 3. The lowest BCUT2D eigenvalue weighted by Gasteiger charge is -1.99. The van der Waals surface area contributed by atoms with Gasteiger partial charge in [-0.05, 0) is 0 Å². The van der Waals surface area contributed by atoms with E-state index in [-0.39, 0.29) is 17.0 Å². The van der Waals surface area contributed by atoms with Gasteiger partial charge in [0.05, 0.1) is 22.2 Å². The van der Waals surface area contributed by atoms with Crippen LogP contribution in [0.25, 0.3) is 11.3 Å². The fourth-order valence-corrected chi connectivity index (χ4v) is 1.65. The molecule has 0 unspecified atom stereocenters. The van der Waals surface area contributed by atoms with Gasteiger partial charge in [0.1, 0.15) is 24.3 Å². The third kappa shape index (κ3) is 1.73. The third-order valence-electron chi connectivity index (χ3n) is 2.57. The summed E-state index contributed by atoms with van der Waals surface area (Å²) in [6.45, 7) is 0. The minimum Gasteiger partial charge on any atom is -0.258 e. The molecule has 11 heteroatoms. The summed E-state index contributed by atoms with van der Waals surface area (Å²) >= 11 is 0. The first kappa shape index (κ1) is 11.7. The van der Waals surface area contributed by atoms with E-state index in [0.29, 0.717) is 5.69 Å². The van der Waals surface area contributed by atoms with Crippen LogP contribution in [0.15, 0.2) is 31.0 Å². The Labute approximate surface area is 109 Å². The van der Waals surface area contributed by atoms with Gasteiger partial charge in [0.2, 0.25) is 5.65 Å². The Bertz CT molecular complexity index is 836. The van der Waals surface area contributed by atoms with Crippen LogP contribution in [0.3, 0.4) is 0 Å². The predicted molar refractivity (Wildman–Crippen MR) is 63.4 cm³/mol. The van der Waals surface area contributed by atoms with Crippen molar-refractivity contribution in [3.05, 3.63) is 51.2 Å². The highest BCUT2D eigenvalue weighted by Gasteiger charge is 2.17. The first-order valence-corrected chi connectivity index (χ1v) is 5.23. The molecule has 0 radical (unpaired) electrons. The quantitative estimate of drug-likeness (QED) is 0.507. The van der Waals surface area contributed by atoms with Gasteiger partial charge in [-0.3, -0.25) is 20.2 Å². The molecule has 0 aliphatic rings. The largest absolute Gasteiger partial charge is 0.333 e. The highest BCUT2D eigenvalue weighted by molar-refractivity contribution is 5.58. The number of hydrogen-bond donors (Lipinski definition) is 0. The molecule has 11 nitrogen and oxygen atoms in total. The van der Waals surface area contributed by atoms with E-state index in [1.165, 1.54) is 27.8 Å². The van der Waals surface area contributed by atoms with E-state index in [1.54, 1.807) is 0 Å². The van der Waals surface area contributed by atoms with Crippen LogP contribution in [0.2, 0.25) is 0 Å². The van der Waals surface area contributed by atoms with Crippen LogP contribution in [0.4, 0.5) is 11.4 Å². The minimum atomic E-state index is -0.590. The molecule has 0 aliphatic heterocycles. The summed E-state index contributed by atoms with van der Waals surface area (Å²) in [7, 11) is 0. The summed E-state index contributed by atoms with van der Waals surface area (Å²) < 4.78 is 2.44.